The van der Waals surface area contributed by atoms with Gasteiger partial charge in [-0.25, -0.2) is 0 Å². The van der Waals surface area contributed by atoms with E-state index in [1.165, 1.54) is 31.6 Å². The van der Waals surface area contributed by atoms with Gasteiger partial charge in [0.2, 0.25) is 0 Å². The van der Waals surface area contributed by atoms with Crippen LogP contribution in [0.15, 0.2) is 47.6 Å². The Morgan fingerprint density at radius 3 is 2.52 bits per heavy atom. The average molecular weight is 376 g/mol. The number of aliphatic hydroxyl groups is 2. The SMILES string of the molecule is CC(=O)O[C@@H]1/C=C/[C@@](C)(CCC=C(C)C)C/C=C(/CO)C(=O)/C=C/[C@@]1(C)O. The molecule has 0 spiro atoms. The smallest absolute Gasteiger partial charge is 0.303 e. The first-order chi connectivity index (χ1) is 12.5. The van der Waals surface area contributed by atoms with Crippen LogP contribution >= 0.6 is 0 Å². The molecule has 27 heavy (non-hydrogen) atoms. The van der Waals surface area contributed by atoms with Crippen LogP contribution in [-0.2, 0) is 14.3 Å². The molecular weight excluding hydrogens is 344 g/mol. The van der Waals surface area contributed by atoms with E-state index in [1.807, 2.05) is 26.8 Å². The zero-order valence-corrected chi connectivity index (χ0v) is 17.0. The number of carbonyl (C=O) groups is 2. The van der Waals surface area contributed by atoms with E-state index in [0.717, 1.165) is 12.8 Å². The van der Waals surface area contributed by atoms with Gasteiger partial charge < -0.3 is 14.9 Å². The number of rotatable bonds is 5. The molecule has 0 saturated heterocycles. The van der Waals surface area contributed by atoms with Gasteiger partial charge in [-0.2, -0.15) is 0 Å². The third-order valence-electron chi connectivity index (χ3n) is 4.68. The molecule has 5 nitrogen and oxygen atoms in total. The Morgan fingerprint density at radius 2 is 1.96 bits per heavy atom. The number of ether oxygens (including phenoxy) is 1. The molecule has 0 heterocycles. The summed E-state index contributed by atoms with van der Waals surface area (Å²) >= 11 is 0. The highest BCUT2D eigenvalue weighted by Crippen LogP contribution is 2.33. The van der Waals surface area contributed by atoms with E-state index >= 15 is 0 Å². The van der Waals surface area contributed by atoms with Crippen molar-refractivity contribution in [2.45, 2.75) is 65.6 Å². The molecule has 1 aliphatic rings. The lowest BCUT2D eigenvalue weighted by Gasteiger charge is -2.29. The minimum Gasteiger partial charge on any atom is -0.455 e. The van der Waals surface area contributed by atoms with Crippen LogP contribution < -0.4 is 0 Å². The van der Waals surface area contributed by atoms with Crippen LogP contribution in [0.5, 0.6) is 0 Å². The number of allylic oxidation sites excluding steroid dienone is 5. The topological polar surface area (TPSA) is 83.8 Å². The van der Waals surface area contributed by atoms with Crippen molar-refractivity contribution < 1.29 is 24.5 Å². The fraction of sp³-hybridized carbons (Fsp3) is 0.545. The molecule has 150 valence electrons. The third kappa shape index (κ3) is 7.65. The number of esters is 1. The molecule has 5 heteroatoms. The van der Waals surface area contributed by atoms with Crippen LogP contribution in [0.25, 0.3) is 0 Å². The molecule has 0 fully saturated rings. The summed E-state index contributed by atoms with van der Waals surface area (Å²) in [5.74, 6) is -0.882. The summed E-state index contributed by atoms with van der Waals surface area (Å²) in [6.45, 7) is 8.52. The highest BCUT2D eigenvalue weighted by atomic mass is 16.6. The highest BCUT2D eigenvalue weighted by Gasteiger charge is 2.32. The lowest BCUT2D eigenvalue weighted by molar-refractivity contribution is -0.152. The van der Waals surface area contributed by atoms with Gasteiger partial charge in [-0.15, -0.1) is 0 Å². The van der Waals surface area contributed by atoms with Crippen LogP contribution in [0, 0.1) is 5.41 Å². The summed E-state index contributed by atoms with van der Waals surface area (Å²) in [7, 11) is 0. The maximum atomic E-state index is 12.3. The van der Waals surface area contributed by atoms with Crippen molar-refractivity contribution in [1.82, 2.24) is 0 Å². The Balaban J connectivity index is 3.33. The molecule has 0 aromatic heterocycles. The number of aliphatic hydroxyl groups excluding tert-OH is 1. The molecule has 3 atom stereocenters. The summed E-state index contributed by atoms with van der Waals surface area (Å²) in [5.41, 5.74) is -0.365. The van der Waals surface area contributed by atoms with Crippen molar-refractivity contribution in [2.75, 3.05) is 6.61 Å². The maximum absolute atomic E-state index is 12.3. The Morgan fingerprint density at radius 1 is 1.30 bits per heavy atom. The lowest BCUT2D eigenvalue weighted by Crippen LogP contribution is -2.39. The van der Waals surface area contributed by atoms with Gasteiger partial charge in [0.05, 0.1) is 6.61 Å². The van der Waals surface area contributed by atoms with Gasteiger partial charge in [0.1, 0.15) is 5.60 Å². The lowest BCUT2D eigenvalue weighted by atomic mass is 9.80. The molecule has 1 rings (SSSR count). The van der Waals surface area contributed by atoms with Crippen molar-refractivity contribution in [3.63, 3.8) is 0 Å². The molecule has 0 radical (unpaired) electrons. The molecule has 0 saturated carbocycles. The van der Waals surface area contributed by atoms with E-state index in [4.69, 9.17) is 4.74 Å². The predicted molar refractivity (Wildman–Crippen MR) is 106 cm³/mol. The minimum absolute atomic E-state index is 0.287. The summed E-state index contributed by atoms with van der Waals surface area (Å²) in [6, 6.07) is 0. The van der Waals surface area contributed by atoms with Gasteiger partial charge >= 0.3 is 5.97 Å². The average Bonchev–Trinajstić information content (AvgIpc) is 2.57. The number of hydrogen-bond acceptors (Lipinski definition) is 5. The summed E-state index contributed by atoms with van der Waals surface area (Å²) in [6.07, 6.45) is 11.3. The van der Waals surface area contributed by atoms with Crippen molar-refractivity contribution in [3.05, 3.63) is 47.6 Å². The molecule has 2 N–H and O–H groups in total. The second-order valence-electron chi connectivity index (χ2n) is 7.88. The molecule has 0 bridgehead atoms. The van der Waals surface area contributed by atoms with Gasteiger partial charge in [0.15, 0.2) is 11.9 Å². The second kappa shape index (κ2) is 9.81. The van der Waals surface area contributed by atoms with Crippen LogP contribution in [0.2, 0.25) is 0 Å². The fourth-order valence-electron chi connectivity index (χ4n) is 2.84. The first-order valence-electron chi connectivity index (χ1n) is 9.25. The van der Waals surface area contributed by atoms with E-state index < -0.39 is 17.7 Å². The molecule has 0 amide bonds. The van der Waals surface area contributed by atoms with Gasteiger partial charge in [-0.3, -0.25) is 9.59 Å². The standard InChI is InChI=1S/C22H32O5/c1-16(2)7-6-11-21(4)12-8-18(15-23)19(25)9-14-22(5,26)20(10-13-21)27-17(3)24/h7-10,13-14,20,23,26H,6,11-12,15H2,1-5H3/b13-10+,14-9+,18-8-/t20-,21+,22-/m1/s1. The van der Waals surface area contributed by atoms with E-state index in [9.17, 15) is 19.8 Å². The normalized spacial score (nSPS) is 33.2. The first kappa shape index (κ1) is 23.1. The zero-order chi connectivity index (χ0) is 20.7. The Hall–Kier alpha value is -1.98. The van der Waals surface area contributed by atoms with Gasteiger partial charge in [0.25, 0.3) is 0 Å². The maximum Gasteiger partial charge on any atom is 0.303 e. The predicted octanol–water partition coefficient (Wildman–Crippen LogP) is 3.43. The number of carbonyl (C=O) groups excluding carboxylic acids is 2. The van der Waals surface area contributed by atoms with Gasteiger partial charge in [-0.05, 0) is 63.7 Å². The van der Waals surface area contributed by atoms with Crippen LogP contribution in [0.4, 0.5) is 0 Å². The molecule has 0 aromatic rings. The summed E-state index contributed by atoms with van der Waals surface area (Å²) in [4.78, 5) is 23.8. The Bertz CT molecular complexity index is 662. The summed E-state index contributed by atoms with van der Waals surface area (Å²) in [5, 5.41) is 20.3. The van der Waals surface area contributed by atoms with E-state index in [2.05, 4.69) is 6.08 Å². The van der Waals surface area contributed by atoms with Crippen LogP contribution in [0.3, 0.4) is 0 Å². The quantitative estimate of drug-likeness (QED) is 0.567. The molecule has 0 unspecified atom stereocenters. The van der Waals surface area contributed by atoms with E-state index in [0.29, 0.717) is 6.42 Å². The van der Waals surface area contributed by atoms with E-state index in [1.54, 1.807) is 12.2 Å². The first-order valence-corrected chi connectivity index (χ1v) is 9.25. The van der Waals surface area contributed by atoms with Crippen molar-refractivity contribution in [3.8, 4) is 0 Å². The largest absolute Gasteiger partial charge is 0.455 e. The second-order valence-corrected chi connectivity index (χ2v) is 7.88. The highest BCUT2D eigenvalue weighted by molar-refractivity contribution is 6.04. The summed E-state index contributed by atoms with van der Waals surface area (Å²) < 4.78 is 5.29. The van der Waals surface area contributed by atoms with Crippen molar-refractivity contribution in [2.24, 2.45) is 5.41 Å². The fourth-order valence-corrected chi connectivity index (χ4v) is 2.84. The Labute approximate surface area is 162 Å². The van der Waals surface area contributed by atoms with Crippen molar-refractivity contribution in [1.29, 1.82) is 0 Å². The Kier molecular flexibility index (Phi) is 8.38. The van der Waals surface area contributed by atoms with Gasteiger partial charge in [-0.1, -0.05) is 30.7 Å². The molecule has 1 aliphatic carbocycles. The number of hydrogen-bond donors (Lipinski definition) is 2. The van der Waals surface area contributed by atoms with Crippen LogP contribution in [-0.4, -0.2) is 40.3 Å². The van der Waals surface area contributed by atoms with Crippen LogP contribution in [0.1, 0.15) is 53.9 Å². The molecular formula is C22H32O5. The third-order valence-corrected chi connectivity index (χ3v) is 4.68. The molecule has 0 aliphatic heterocycles. The van der Waals surface area contributed by atoms with Crippen molar-refractivity contribution >= 4 is 11.8 Å². The minimum atomic E-state index is -1.55. The zero-order valence-electron chi connectivity index (χ0n) is 17.0. The molecule has 0 aromatic carbocycles. The van der Waals surface area contributed by atoms with Gasteiger partial charge in [0, 0.05) is 12.5 Å². The number of ketones is 1. The van der Waals surface area contributed by atoms with E-state index in [-0.39, 0.29) is 23.4 Å². The monoisotopic (exact) mass is 376 g/mol.